The first-order valence-corrected chi connectivity index (χ1v) is 9.53. The molecule has 0 spiro atoms. The third kappa shape index (κ3) is 3.81. The number of amides is 1. The van der Waals surface area contributed by atoms with Crippen molar-refractivity contribution in [2.45, 2.75) is 20.4 Å². The monoisotopic (exact) mass is 365 g/mol. The summed E-state index contributed by atoms with van der Waals surface area (Å²) in [6.07, 6.45) is 3.98. The predicted molar refractivity (Wildman–Crippen MR) is 115 cm³/mol. The molecule has 0 N–H and O–H groups in total. The van der Waals surface area contributed by atoms with E-state index in [4.69, 9.17) is 0 Å². The van der Waals surface area contributed by atoms with E-state index >= 15 is 0 Å². The van der Waals surface area contributed by atoms with E-state index in [2.05, 4.69) is 62.4 Å². The zero-order chi connectivity index (χ0) is 19.5. The van der Waals surface area contributed by atoms with Crippen LogP contribution in [0.5, 0.6) is 0 Å². The molecule has 0 aliphatic carbocycles. The van der Waals surface area contributed by atoms with Gasteiger partial charge in [-0.15, -0.1) is 0 Å². The molecule has 0 bridgehead atoms. The van der Waals surface area contributed by atoms with Gasteiger partial charge in [0, 0.05) is 5.57 Å². The second kappa shape index (κ2) is 7.69. The lowest BCUT2D eigenvalue weighted by Gasteiger charge is -2.21. The van der Waals surface area contributed by atoms with Crippen LogP contribution >= 0.6 is 0 Å². The molecule has 1 aliphatic rings. The number of aryl methyl sites for hydroxylation is 2. The van der Waals surface area contributed by atoms with Crippen molar-refractivity contribution in [3.63, 3.8) is 0 Å². The number of hydrogen-bond donors (Lipinski definition) is 0. The fraction of sp³-hybridized carbons (Fsp3) is 0.115. The van der Waals surface area contributed by atoms with Crippen LogP contribution < -0.4 is 0 Å². The minimum atomic E-state index is 0.0417. The second-order valence-corrected chi connectivity index (χ2v) is 7.28. The molecule has 28 heavy (non-hydrogen) atoms. The smallest absolute Gasteiger partial charge is 0.258 e. The molecule has 0 atom stereocenters. The fourth-order valence-electron chi connectivity index (χ4n) is 3.38. The zero-order valence-electron chi connectivity index (χ0n) is 16.2. The Balaban J connectivity index is 1.71. The summed E-state index contributed by atoms with van der Waals surface area (Å²) in [5, 5.41) is 0. The normalized spacial score (nSPS) is 15.2. The molecule has 138 valence electrons. The van der Waals surface area contributed by atoms with Crippen LogP contribution in [0.15, 0.2) is 90.5 Å². The predicted octanol–water partition coefficient (Wildman–Crippen LogP) is 5.77. The van der Waals surface area contributed by atoms with Gasteiger partial charge in [0.15, 0.2) is 0 Å². The Bertz CT molecular complexity index is 1040. The summed E-state index contributed by atoms with van der Waals surface area (Å²) in [6.45, 7) is 4.70. The van der Waals surface area contributed by atoms with E-state index in [0.717, 1.165) is 28.0 Å². The molecule has 0 unspecified atom stereocenters. The molecular weight excluding hydrogens is 342 g/mol. The molecule has 2 heteroatoms. The van der Waals surface area contributed by atoms with Crippen LogP contribution in [0.4, 0.5) is 0 Å². The lowest BCUT2D eigenvalue weighted by atomic mass is 10.1. The molecule has 3 aromatic rings. The maximum Gasteiger partial charge on any atom is 0.258 e. The molecule has 0 saturated heterocycles. The van der Waals surface area contributed by atoms with Crippen molar-refractivity contribution in [1.82, 2.24) is 4.90 Å². The number of benzene rings is 3. The minimum absolute atomic E-state index is 0.0417. The number of rotatable bonds is 4. The van der Waals surface area contributed by atoms with Crippen LogP contribution in [-0.2, 0) is 11.3 Å². The van der Waals surface area contributed by atoms with Gasteiger partial charge >= 0.3 is 0 Å². The van der Waals surface area contributed by atoms with Crippen molar-refractivity contribution in [2.24, 2.45) is 0 Å². The average Bonchev–Trinajstić information content (AvgIpc) is 3.02. The Hall–Kier alpha value is -3.39. The SMILES string of the molecule is Cc1ccc(/C=C2\C=C(c3ccccc3)N(Cc3ccc(C)cc3)C2=O)cc1. The van der Waals surface area contributed by atoms with Crippen LogP contribution in [0.1, 0.15) is 27.8 Å². The van der Waals surface area contributed by atoms with Crippen molar-refractivity contribution in [2.75, 3.05) is 0 Å². The molecule has 0 radical (unpaired) electrons. The summed E-state index contributed by atoms with van der Waals surface area (Å²) in [4.78, 5) is 15.1. The zero-order valence-corrected chi connectivity index (χ0v) is 16.2. The van der Waals surface area contributed by atoms with Crippen molar-refractivity contribution < 1.29 is 4.79 Å². The van der Waals surface area contributed by atoms with Crippen molar-refractivity contribution >= 4 is 17.7 Å². The molecular formula is C26H23NO. The second-order valence-electron chi connectivity index (χ2n) is 7.28. The Kier molecular flexibility index (Phi) is 4.94. The number of nitrogens with zero attached hydrogens (tertiary/aromatic N) is 1. The first kappa shape index (κ1) is 18.0. The van der Waals surface area contributed by atoms with E-state index in [-0.39, 0.29) is 5.91 Å². The van der Waals surface area contributed by atoms with Gasteiger partial charge in [0.25, 0.3) is 5.91 Å². The Morgan fingerprint density at radius 2 is 1.39 bits per heavy atom. The van der Waals surface area contributed by atoms with Gasteiger partial charge in [-0.2, -0.15) is 0 Å². The third-order valence-corrected chi connectivity index (χ3v) is 5.01. The Morgan fingerprint density at radius 3 is 2.04 bits per heavy atom. The van der Waals surface area contributed by atoms with E-state index < -0.39 is 0 Å². The lowest BCUT2D eigenvalue weighted by Crippen LogP contribution is -2.25. The third-order valence-electron chi connectivity index (χ3n) is 5.01. The molecule has 2 nitrogen and oxygen atoms in total. The molecule has 0 fully saturated rings. The van der Waals surface area contributed by atoms with Gasteiger partial charge in [-0.25, -0.2) is 0 Å². The molecule has 1 amide bonds. The van der Waals surface area contributed by atoms with Crippen LogP contribution in [0.2, 0.25) is 0 Å². The highest BCUT2D eigenvalue weighted by atomic mass is 16.2. The molecule has 0 aromatic heterocycles. The van der Waals surface area contributed by atoms with Gasteiger partial charge in [0.1, 0.15) is 0 Å². The summed E-state index contributed by atoms with van der Waals surface area (Å²) >= 11 is 0. The summed E-state index contributed by atoms with van der Waals surface area (Å²) in [5.74, 6) is 0.0417. The Morgan fingerprint density at radius 1 is 0.786 bits per heavy atom. The highest BCUT2D eigenvalue weighted by Crippen LogP contribution is 2.32. The maximum atomic E-state index is 13.2. The van der Waals surface area contributed by atoms with Crippen LogP contribution in [-0.4, -0.2) is 10.8 Å². The summed E-state index contributed by atoms with van der Waals surface area (Å²) in [7, 11) is 0. The highest BCUT2D eigenvalue weighted by Gasteiger charge is 2.28. The molecule has 1 heterocycles. The summed E-state index contributed by atoms with van der Waals surface area (Å²) < 4.78 is 0. The number of carbonyl (C=O) groups is 1. The van der Waals surface area contributed by atoms with Crippen LogP contribution in [0.3, 0.4) is 0 Å². The largest absolute Gasteiger partial charge is 0.303 e. The minimum Gasteiger partial charge on any atom is -0.303 e. The quantitative estimate of drug-likeness (QED) is 0.538. The van der Waals surface area contributed by atoms with Gasteiger partial charge in [0.2, 0.25) is 0 Å². The van der Waals surface area contributed by atoms with E-state index in [9.17, 15) is 4.79 Å². The number of hydrogen-bond acceptors (Lipinski definition) is 1. The molecule has 0 saturated carbocycles. The van der Waals surface area contributed by atoms with Crippen molar-refractivity contribution in [1.29, 1.82) is 0 Å². The van der Waals surface area contributed by atoms with Gasteiger partial charge < -0.3 is 4.90 Å². The van der Waals surface area contributed by atoms with Crippen molar-refractivity contribution in [3.8, 4) is 0 Å². The first-order chi connectivity index (χ1) is 13.6. The van der Waals surface area contributed by atoms with E-state index in [1.54, 1.807) is 0 Å². The fourth-order valence-corrected chi connectivity index (χ4v) is 3.38. The molecule has 4 rings (SSSR count). The first-order valence-electron chi connectivity index (χ1n) is 9.53. The summed E-state index contributed by atoms with van der Waals surface area (Å²) in [6, 6.07) is 26.7. The topological polar surface area (TPSA) is 20.3 Å². The molecule has 3 aromatic carbocycles. The maximum absolute atomic E-state index is 13.2. The van der Waals surface area contributed by atoms with Crippen LogP contribution in [0.25, 0.3) is 11.8 Å². The van der Waals surface area contributed by atoms with E-state index in [0.29, 0.717) is 6.54 Å². The lowest BCUT2D eigenvalue weighted by molar-refractivity contribution is -0.123. The summed E-state index contributed by atoms with van der Waals surface area (Å²) in [5.41, 5.74) is 7.30. The van der Waals surface area contributed by atoms with Crippen LogP contribution in [0, 0.1) is 13.8 Å². The van der Waals surface area contributed by atoms with E-state index in [1.165, 1.54) is 11.1 Å². The highest BCUT2D eigenvalue weighted by molar-refractivity contribution is 6.10. The standard InChI is InChI=1S/C26H23NO/c1-19-8-12-21(13-9-19)16-24-17-25(23-6-4-3-5-7-23)27(26(24)28)18-22-14-10-20(2)11-15-22/h3-17H,18H2,1-2H3/b24-16+. The molecule has 1 aliphatic heterocycles. The van der Waals surface area contributed by atoms with Gasteiger partial charge in [-0.1, -0.05) is 90.0 Å². The number of carbonyl (C=O) groups excluding carboxylic acids is 1. The Labute approximate surface area is 166 Å². The van der Waals surface area contributed by atoms with Gasteiger partial charge in [-0.05, 0) is 42.7 Å². The van der Waals surface area contributed by atoms with Gasteiger partial charge in [0.05, 0.1) is 12.2 Å². The van der Waals surface area contributed by atoms with Crippen molar-refractivity contribution in [3.05, 3.63) is 118 Å². The average molecular weight is 365 g/mol. The van der Waals surface area contributed by atoms with E-state index in [1.807, 2.05) is 47.4 Å². The van der Waals surface area contributed by atoms with Gasteiger partial charge in [-0.3, -0.25) is 4.79 Å².